The number of oxazole rings is 1. The number of benzene rings is 1. The van der Waals surface area contributed by atoms with Crippen LogP contribution in [-0.4, -0.2) is 22.8 Å². The van der Waals surface area contributed by atoms with Crippen molar-refractivity contribution >= 4 is 0 Å². The van der Waals surface area contributed by atoms with Crippen LogP contribution in [0.2, 0.25) is 0 Å². The molecule has 2 aliphatic carbocycles. The van der Waals surface area contributed by atoms with Crippen molar-refractivity contribution in [2.75, 3.05) is 6.61 Å². The summed E-state index contributed by atoms with van der Waals surface area (Å²) < 4.78 is 25.3. The van der Waals surface area contributed by atoms with E-state index in [9.17, 15) is 9.50 Å². The standard InChI is InChI=1S/C17H18FNO3/c18-13-7-11(3-5-15(13)21-9-10-1-2-10)17-19-14-8-12(20)4-6-16(14)22-17/h3,5,7,10,12,20H,1-2,4,6,8-9H2. The normalized spacial score (nSPS) is 20.7. The quantitative estimate of drug-likeness (QED) is 0.943. The highest BCUT2D eigenvalue weighted by molar-refractivity contribution is 5.55. The molecule has 22 heavy (non-hydrogen) atoms. The lowest BCUT2D eigenvalue weighted by Gasteiger charge is -2.13. The Morgan fingerprint density at radius 1 is 1.32 bits per heavy atom. The fourth-order valence-electron chi connectivity index (χ4n) is 2.73. The van der Waals surface area contributed by atoms with Gasteiger partial charge in [0, 0.05) is 18.4 Å². The van der Waals surface area contributed by atoms with Crippen molar-refractivity contribution in [2.45, 2.75) is 38.2 Å². The van der Waals surface area contributed by atoms with Crippen LogP contribution in [0.3, 0.4) is 0 Å². The van der Waals surface area contributed by atoms with Gasteiger partial charge in [0.05, 0.1) is 18.4 Å². The molecule has 1 N–H and O–H groups in total. The zero-order valence-corrected chi connectivity index (χ0v) is 12.2. The zero-order chi connectivity index (χ0) is 15.1. The maximum atomic E-state index is 14.1. The number of nitrogens with zero attached hydrogens (tertiary/aromatic N) is 1. The second-order valence-corrected chi connectivity index (χ2v) is 6.19. The summed E-state index contributed by atoms with van der Waals surface area (Å²) in [4.78, 5) is 4.39. The highest BCUT2D eigenvalue weighted by atomic mass is 19.1. The van der Waals surface area contributed by atoms with Gasteiger partial charge in [0.1, 0.15) is 5.76 Å². The lowest BCUT2D eigenvalue weighted by Crippen LogP contribution is -2.17. The summed E-state index contributed by atoms with van der Waals surface area (Å²) in [7, 11) is 0. The molecule has 4 rings (SSSR count). The van der Waals surface area contributed by atoms with E-state index in [-0.39, 0.29) is 11.9 Å². The van der Waals surface area contributed by atoms with Crippen molar-refractivity contribution in [3.8, 4) is 17.2 Å². The number of halogens is 1. The first kappa shape index (κ1) is 13.8. The molecule has 0 amide bonds. The van der Waals surface area contributed by atoms with Crippen LogP contribution in [0.15, 0.2) is 22.6 Å². The van der Waals surface area contributed by atoms with Crippen molar-refractivity contribution in [2.24, 2.45) is 5.92 Å². The molecular formula is C17H18FNO3. The van der Waals surface area contributed by atoms with E-state index in [2.05, 4.69) is 4.98 Å². The summed E-state index contributed by atoms with van der Waals surface area (Å²) in [6.07, 6.45) is 3.85. The van der Waals surface area contributed by atoms with Gasteiger partial charge in [-0.1, -0.05) is 0 Å². The van der Waals surface area contributed by atoms with E-state index in [0.717, 1.165) is 11.5 Å². The van der Waals surface area contributed by atoms with Crippen LogP contribution < -0.4 is 4.74 Å². The molecule has 4 nitrogen and oxygen atoms in total. The third-order valence-electron chi connectivity index (χ3n) is 4.26. The number of ether oxygens (including phenoxy) is 1. The van der Waals surface area contributed by atoms with Gasteiger partial charge in [-0.15, -0.1) is 0 Å². The average molecular weight is 303 g/mol. The molecule has 1 unspecified atom stereocenters. The molecule has 2 aromatic rings. The molecule has 0 radical (unpaired) electrons. The second kappa shape index (κ2) is 5.39. The summed E-state index contributed by atoms with van der Waals surface area (Å²) in [5, 5.41) is 9.67. The number of aryl methyl sites for hydroxylation is 1. The fourth-order valence-corrected chi connectivity index (χ4v) is 2.73. The van der Waals surface area contributed by atoms with E-state index in [4.69, 9.17) is 9.15 Å². The van der Waals surface area contributed by atoms with Crippen molar-refractivity contribution in [1.29, 1.82) is 0 Å². The third-order valence-corrected chi connectivity index (χ3v) is 4.26. The molecule has 0 aliphatic heterocycles. The number of aliphatic hydroxyl groups is 1. The molecule has 2 aliphatic rings. The Morgan fingerprint density at radius 3 is 2.95 bits per heavy atom. The third kappa shape index (κ3) is 2.73. The predicted octanol–water partition coefficient (Wildman–Crippen LogP) is 3.12. The van der Waals surface area contributed by atoms with Gasteiger partial charge in [-0.3, -0.25) is 0 Å². The molecule has 1 atom stereocenters. The van der Waals surface area contributed by atoms with Crippen molar-refractivity contribution in [3.63, 3.8) is 0 Å². The van der Waals surface area contributed by atoms with Gasteiger partial charge < -0.3 is 14.3 Å². The maximum absolute atomic E-state index is 14.1. The van der Waals surface area contributed by atoms with Crippen LogP contribution in [0, 0.1) is 11.7 Å². The molecule has 0 saturated heterocycles. The molecule has 0 bridgehead atoms. The summed E-state index contributed by atoms with van der Waals surface area (Å²) in [6.45, 7) is 0.585. The summed E-state index contributed by atoms with van der Waals surface area (Å²) >= 11 is 0. The molecule has 1 heterocycles. The lowest BCUT2D eigenvalue weighted by atomic mass is 9.99. The van der Waals surface area contributed by atoms with E-state index < -0.39 is 5.82 Å². The number of rotatable bonds is 4. The molecule has 0 spiro atoms. The largest absolute Gasteiger partial charge is 0.490 e. The Hall–Kier alpha value is -1.88. The van der Waals surface area contributed by atoms with Crippen molar-refractivity contribution < 1.29 is 18.7 Å². The molecule has 5 heteroatoms. The number of hydrogen-bond acceptors (Lipinski definition) is 4. The smallest absolute Gasteiger partial charge is 0.226 e. The van der Waals surface area contributed by atoms with Crippen LogP contribution in [0.5, 0.6) is 5.75 Å². The van der Waals surface area contributed by atoms with Crippen LogP contribution in [-0.2, 0) is 12.8 Å². The maximum Gasteiger partial charge on any atom is 0.226 e. The molecule has 1 fully saturated rings. The first-order valence-corrected chi connectivity index (χ1v) is 7.78. The number of aromatic nitrogens is 1. The van der Waals surface area contributed by atoms with E-state index in [1.165, 1.54) is 18.9 Å². The van der Waals surface area contributed by atoms with Crippen LogP contribution >= 0.6 is 0 Å². The molecule has 1 aromatic heterocycles. The Labute approximate surface area is 127 Å². The van der Waals surface area contributed by atoms with Gasteiger partial charge in [-0.25, -0.2) is 9.37 Å². The van der Waals surface area contributed by atoms with E-state index in [1.807, 2.05) is 0 Å². The number of fused-ring (bicyclic) bond motifs is 1. The van der Waals surface area contributed by atoms with Crippen molar-refractivity contribution in [3.05, 3.63) is 35.5 Å². The molecular weight excluding hydrogens is 285 g/mol. The Morgan fingerprint density at radius 2 is 2.18 bits per heavy atom. The van der Waals surface area contributed by atoms with Crippen molar-refractivity contribution in [1.82, 2.24) is 4.98 Å². The van der Waals surface area contributed by atoms with E-state index in [0.29, 0.717) is 43.2 Å². The number of aliphatic hydroxyl groups excluding tert-OH is 1. The predicted molar refractivity (Wildman–Crippen MR) is 78.1 cm³/mol. The monoisotopic (exact) mass is 303 g/mol. The SMILES string of the molecule is OC1CCc2oc(-c3ccc(OCC4CC4)c(F)c3)nc2C1. The van der Waals surface area contributed by atoms with Gasteiger partial charge >= 0.3 is 0 Å². The zero-order valence-electron chi connectivity index (χ0n) is 12.2. The topological polar surface area (TPSA) is 55.5 Å². The average Bonchev–Trinajstić information content (AvgIpc) is 3.23. The lowest BCUT2D eigenvalue weighted by molar-refractivity contribution is 0.153. The van der Waals surface area contributed by atoms with Crippen LogP contribution in [0.4, 0.5) is 4.39 Å². The van der Waals surface area contributed by atoms with Crippen LogP contribution in [0.1, 0.15) is 30.7 Å². The minimum atomic E-state index is -0.394. The molecule has 1 aromatic carbocycles. The second-order valence-electron chi connectivity index (χ2n) is 6.19. The number of hydrogen-bond donors (Lipinski definition) is 1. The first-order chi connectivity index (χ1) is 10.7. The van der Waals surface area contributed by atoms with E-state index >= 15 is 0 Å². The van der Waals surface area contributed by atoms with Gasteiger partial charge in [0.2, 0.25) is 5.89 Å². The van der Waals surface area contributed by atoms with Gasteiger partial charge in [-0.05, 0) is 43.4 Å². The summed E-state index contributed by atoms with van der Waals surface area (Å²) in [5.74, 6) is 1.68. The fraction of sp³-hybridized carbons (Fsp3) is 0.471. The van der Waals surface area contributed by atoms with Gasteiger partial charge in [-0.2, -0.15) is 0 Å². The Bertz CT molecular complexity index is 693. The Balaban J connectivity index is 1.55. The summed E-state index contributed by atoms with van der Waals surface area (Å²) in [6, 6.07) is 4.79. The summed E-state index contributed by atoms with van der Waals surface area (Å²) in [5.41, 5.74) is 1.38. The highest BCUT2D eigenvalue weighted by Crippen LogP contribution is 2.32. The van der Waals surface area contributed by atoms with Crippen LogP contribution in [0.25, 0.3) is 11.5 Å². The van der Waals surface area contributed by atoms with Gasteiger partial charge in [0.15, 0.2) is 11.6 Å². The van der Waals surface area contributed by atoms with Gasteiger partial charge in [0.25, 0.3) is 0 Å². The first-order valence-electron chi connectivity index (χ1n) is 7.78. The molecule has 116 valence electrons. The van der Waals surface area contributed by atoms with E-state index in [1.54, 1.807) is 12.1 Å². The Kier molecular flexibility index (Phi) is 3.37. The minimum Gasteiger partial charge on any atom is -0.490 e. The minimum absolute atomic E-state index is 0.280. The molecule has 1 saturated carbocycles. The highest BCUT2D eigenvalue weighted by Gasteiger charge is 2.24.